The molecular formula is C22H29FN2O5S. The van der Waals surface area contributed by atoms with E-state index in [1.165, 1.54) is 19.2 Å². The Morgan fingerprint density at radius 1 is 1.10 bits per heavy atom. The van der Waals surface area contributed by atoms with Gasteiger partial charge in [0.1, 0.15) is 5.37 Å². The van der Waals surface area contributed by atoms with Crippen LogP contribution < -0.4 is 14.2 Å². The Kier molecular flexibility index (Phi) is 7.74. The number of hydrogen-bond acceptors (Lipinski definition) is 6. The molecule has 1 aliphatic rings. The Balaban J connectivity index is 1.76. The summed E-state index contributed by atoms with van der Waals surface area (Å²) in [7, 11) is -2.22. The first-order chi connectivity index (χ1) is 14.9. The minimum absolute atomic E-state index is 0.0225. The lowest BCUT2D eigenvalue weighted by atomic mass is 10.1. The summed E-state index contributed by atoms with van der Waals surface area (Å²) in [6.45, 7) is 5.91. The molecule has 1 N–H and O–H groups in total. The predicted molar refractivity (Wildman–Crippen MR) is 118 cm³/mol. The van der Waals surface area contributed by atoms with Gasteiger partial charge in [0.25, 0.3) is 0 Å². The molecule has 0 saturated carbocycles. The number of sulfonamides is 1. The van der Waals surface area contributed by atoms with Crippen molar-refractivity contribution in [1.29, 1.82) is 0 Å². The molecule has 0 amide bonds. The van der Waals surface area contributed by atoms with E-state index < -0.39 is 21.2 Å². The van der Waals surface area contributed by atoms with Crippen LogP contribution in [0.2, 0.25) is 0 Å². The van der Waals surface area contributed by atoms with E-state index in [2.05, 4.69) is 4.72 Å². The van der Waals surface area contributed by atoms with E-state index in [9.17, 15) is 12.8 Å². The van der Waals surface area contributed by atoms with E-state index in [1.807, 2.05) is 30.9 Å². The first kappa shape index (κ1) is 23.3. The number of nitrogens with zero attached hydrogens (tertiary/aromatic N) is 1. The van der Waals surface area contributed by atoms with Gasteiger partial charge in [0.15, 0.2) is 23.1 Å². The van der Waals surface area contributed by atoms with Crippen LogP contribution >= 0.6 is 0 Å². The fraction of sp³-hybridized carbons (Fsp3) is 0.455. The highest BCUT2D eigenvalue weighted by molar-refractivity contribution is 7.93. The molecule has 0 aliphatic carbocycles. The summed E-state index contributed by atoms with van der Waals surface area (Å²) in [5.41, 5.74) is 1.21. The molecule has 0 bridgehead atoms. The smallest absolute Gasteiger partial charge is 0.249 e. The van der Waals surface area contributed by atoms with Gasteiger partial charge in [-0.25, -0.2) is 12.8 Å². The Bertz CT molecular complexity index is 993. The number of morpholine rings is 1. The van der Waals surface area contributed by atoms with E-state index in [0.717, 1.165) is 18.1 Å². The van der Waals surface area contributed by atoms with Crippen molar-refractivity contribution in [2.75, 3.05) is 38.1 Å². The number of benzene rings is 2. The zero-order valence-electron chi connectivity index (χ0n) is 18.1. The van der Waals surface area contributed by atoms with Crippen LogP contribution in [0, 0.1) is 5.82 Å². The Morgan fingerprint density at radius 2 is 1.81 bits per heavy atom. The number of halogens is 1. The lowest BCUT2D eigenvalue weighted by molar-refractivity contribution is 0.0306. The number of hydrogen-bond donors (Lipinski definition) is 1. The van der Waals surface area contributed by atoms with Crippen LogP contribution in [0.15, 0.2) is 36.4 Å². The van der Waals surface area contributed by atoms with Crippen molar-refractivity contribution in [2.24, 2.45) is 0 Å². The standard InChI is InChI=1S/C22H29FN2O5S/c1-4-16-6-8-20(21(14-16)28-3)30-19-9-7-17(15-18(19)23)24-31(26,27)22(5-2)25-10-12-29-13-11-25/h6-9,14-15,22,24H,4-5,10-13H2,1-3H3. The fourth-order valence-electron chi connectivity index (χ4n) is 3.55. The molecule has 1 fully saturated rings. The molecule has 2 aromatic rings. The van der Waals surface area contributed by atoms with Gasteiger partial charge in [0, 0.05) is 19.2 Å². The SMILES string of the molecule is CCc1ccc(Oc2ccc(NS(=O)(=O)C(CC)N3CCOCC3)cc2F)c(OC)c1. The molecule has 1 saturated heterocycles. The maximum atomic E-state index is 14.7. The molecule has 7 nitrogen and oxygen atoms in total. The van der Waals surface area contributed by atoms with Crippen LogP contribution in [0.3, 0.4) is 0 Å². The maximum Gasteiger partial charge on any atom is 0.249 e. The van der Waals surface area contributed by atoms with Gasteiger partial charge in [-0.05, 0) is 42.7 Å². The van der Waals surface area contributed by atoms with Gasteiger partial charge < -0.3 is 14.2 Å². The number of aryl methyl sites for hydroxylation is 1. The van der Waals surface area contributed by atoms with Crippen molar-refractivity contribution in [3.05, 3.63) is 47.8 Å². The van der Waals surface area contributed by atoms with E-state index >= 15 is 0 Å². The van der Waals surface area contributed by atoms with Crippen LogP contribution in [-0.2, 0) is 21.2 Å². The van der Waals surface area contributed by atoms with Gasteiger partial charge in [0.2, 0.25) is 10.0 Å². The molecule has 1 atom stereocenters. The van der Waals surface area contributed by atoms with Crippen molar-refractivity contribution < 1.29 is 27.0 Å². The monoisotopic (exact) mass is 452 g/mol. The Labute approximate surface area is 183 Å². The third-order valence-corrected chi connectivity index (χ3v) is 7.08. The van der Waals surface area contributed by atoms with E-state index in [1.54, 1.807) is 6.07 Å². The molecule has 0 aromatic heterocycles. The summed E-state index contributed by atoms with van der Waals surface area (Å²) in [5, 5.41) is -0.711. The molecule has 9 heteroatoms. The minimum Gasteiger partial charge on any atom is -0.493 e. The van der Waals surface area contributed by atoms with Crippen molar-refractivity contribution in [2.45, 2.75) is 32.1 Å². The van der Waals surface area contributed by atoms with Crippen LogP contribution in [-0.4, -0.2) is 52.1 Å². The molecular weight excluding hydrogens is 423 g/mol. The normalized spacial score (nSPS) is 16.0. The topological polar surface area (TPSA) is 77.1 Å². The van der Waals surface area contributed by atoms with Crippen molar-refractivity contribution >= 4 is 15.7 Å². The highest BCUT2D eigenvalue weighted by atomic mass is 32.2. The number of nitrogens with one attached hydrogen (secondary N) is 1. The van der Waals surface area contributed by atoms with Crippen LogP contribution in [0.4, 0.5) is 10.1 Å². The maximum absolute atomic E-state index is 14.7. The number of methoxy groups -OCH3 is 1. The van der Waals surface area contributed by atoms with E-state index in [4.69, 9.17) is 14.2 Å². The molecule has 2 aromatic carbocycles. The number of anilines is 1. The molecule has 170 valence electrons. The number of ether oxygens (including phenoxy) is 3. The highest BCUT2D eigenvalue weighted by Gasteiger charge is 2.31. The van der Waals surface area contributed by atoms with Gasteiger partial charge in [-0.1, -0.05) is 19.9 Å². The summed E-state index contributed by atoms with van der Waals surface area (Å²) in [4.78, 5) is 1.87. The summed E-state index contributed by atoms with van der Waals surface area (Å²) in [6, 6.07) is 9.44. The lowest BCUT2D eigenvalue weighted by Gasteiger charge is -2.33. The summed E-state index contributed by atoms with van der Waals surface area (Å²) in [6.07, 6.45) is 1.25. The van der Waals surface area contributed by atoms with Crippen LogP contribution in [0.5, 0.6) is 17.2 Å². The molecule has 0 radical (unpaired) electrons. The third-order valence-electron chi connectivity index (χ3n) is 5.21. The van der Waals surface area contributed by atoms with Gasteiger partial charge in [-0.15, -0.1) is 0 Å². The number of rotatable bonds is 9. The van der Waals surface area contributed by atoms with Crippen molar-refractivity contribution in [1.82, 2.24) is 4.90 Å². The first-order valence-electron chi connectivity index (χ1n) is 10.4. The van der Waals surface area contributed by atoms with Crippen LogP contribution in [0.25, 0.3) is 0 Å². The fourth-order valence-corrected chi connectivity index (χ4v) is 5.19. The zero-order chi connectivity index (χ0) is 22.4. The molecule has 1 heterocycles. The second-order valence-corrected chi connectivity index (χ2v) is 9.08. The van der Waals surface area contributed by atoms with Gasteiger partial charge in [-0.3, -0.25) is 9.62 Å². The van der Waals surface area contributed by atoms with E-state index in [-0.39, 0.29) is 11.4 Å². The minimum atomic E-state index is -3.74. The van der Waals surface area contributed by atoms with Crippen molar-refractivity contribution in [3.8, 4) is 17.2 Å². The third kappa shape index (κ3) is 5.66. The molecule has 1 aliphatic heterocycles. The van der Waals surface area contributed by atoms with Gasteiger partial charge >= 0.3 is 0 Å². The lowest BCUT2D eigenvalue weighted by Crippen LogP contribution is -2.48. The van der Waals surface area contributed by atoms with Crippen LogP contribution in [0.1, 0.15) is 25.8 Å². The van der Waals surface area contributed by atoms with E-state index in [0.29, 0.717) is 44.2 Å². The molecule has 3 rings (SSSR count). The summed E-state index contributed by atoms with van der Waals surface area (Å²) in [5.74, 6) is 0.178. The Morgan fingerprint density at radius 3 is 2.42 bits per heavy atom. The predicted octanol–water partition coefficient (Wildman–Crippen LogP) is 4.00. The Hall–Kier alpha value is -2.36. The quantitative estimate of drug-likeness (QED) is 0.620. The molecule has 1 unspecified atom stereocenters. The average Bonchev–Trinajstić information content (AvgIpc) is 2.76. The summed E-state index contributed by atoms with van der Waals surface area (Å²) < 4.78 is 59.3. The second kappa shape index (κ2) is 10.3. The summed E-state index contributed by atoms with van der Waals surface area (Å²) >= 11 is 0. The zero-order valence-corrected chi connectivity index (χ0v) is 18.9. The first-order valence-corrected chi connectivity index (χ1v) is 11.9. The largest absolute Gasteiger partial charge is 0.493 e. The van der Waals surface area contributed by atoms with Gasteiger partial charge in [-0.2, -0.15) is 0 Å². The second-order valence-electron chi connectivity index (χ2n) is 7.24. The average molecular weight is 453 g/mol. The molecule has 0 spiro atoms. The molecule has 31 heavy (non-hydrogen) atoms. The van der Waals surface area contributed by atoms with Crippen molar-refractivity contribution in [3.63, 3.8) is 0 Å². The highest BCUT2D eigenvalue weighted by Crippen LogP contribution is 2.34. The van der Waals surface area contributed by atoms with Gasteiger partial charge in [0.05, 0.1) is 26.0 Å².